The average molecular weight is 1520 g/mol. The van der Waals surface area contributed by atoms with Gasteiger partial charge in [-0.1, -0.05) is 60.7 Å². The van der Waals surface area contributed by atoms with E-state index in [0.717, 1.165) is 87.2 Å². The van der Waals surface area contributed by atoms with Crippen molar-refractivity contribution >= 4 is 88.0 Å². The molecule has 8 aliphatic rings. The van der Waals surface area contributed by atoms with Crippen molar-refractivity contribution in [1.29, 1.82) is 0 Å². The molecule has 4 atom stereocenters. The summed E-state index contributed by atoms with van der Waals surface area (Å²) in [5.41, 5.74) is 13.7. The number of anilines is 3. The molecule has 2 aromatic heterocycles. The SMILES string of the molecule is NCCN1CC(Nc2cc(C(=O)CC[C@H](O)CN3CCc4ccccc4C3)ncn2)C1.O=C(CCNc1cccc2c1C(=O)N(C1CCC(=O)NC1=O)C2=O)NCCN1CC(Cc2cc(C(=O)NC[C@H](O)CN3CCc4ccccc4C3)ncn2)C1.O=C(O)CCNc1cccc2c1C(=O)N(C1CCC(=O)NC1=O)C2=O. The quantitative estimate of drug-likeness (QED) is 0.0221. The van der Waals surface area contributed by atoms with Gasteiger partial charge in [0.25, 0.3) is 29.5 Å². The molecule has 111 heavy (non-hydrogen) atoms. The van der Waals surface area contributed by atoms with E-state index in [1.165, 1.54) is 47.0 Å². The maximum absolute atomic E-state index is 13.3. The summed E-state index contributed by atoms with van der Waals surface area (Å²) in [7, 11) is 0. The number of carbonyl (C=O) groups excluding carboxylic acids is 11. The molecule has 8 aliphatic heterocycles. The van der Waals surface area contributed by atoms with Crippen LogP contribution in [-0.2, 0) is 61.1 Å². The highest BCUT2D eigenvalue weighted by Gasteiger charge is 2.47. The van der Waals surface area contributed by atoms with E-state index in [1.807, 2.05) is 12.1 Å². The molecular formula is C78H92N18O15. The van der Waals surface area contributed by atoms with E-state index in [9.17, 15) is 67.7 Å². The first kappa shape index (κ1) is 79.4. The number of amides is 10. The first-order chi connectivity index (χ1) is 53.6. The highest BCUT2D eigenvalue weighted by Crippen LogP contribution is 2.35. The molecule has 0 spiro atoms. The fourth-order valence-corrected chi connectivity index (χ4v) is 15.0. The van der Waals surface area contributed by atoms with Gasteiger partial charge in [0.15, 0.2) is 5.78 Å². The van der Waals surface area contributed by atoms with E-state index in [0.29, 0.717) is 80.4 Å². The van der Waals surface area contributed by atoms with Gasteiger partial charge in [-0.2, -0.15) is 0 Å². The van der Waals surface area contributed by atoms with Gasteiger partial charge in [-0.15, -0.1) is 0 Å². The van der Waals surface area contributed by atoms with Gasteiger partial charge < -0.3 is 52.5 Å². The molecule has 4 fully saturated rings. The molecule has 0 bridgehead atoms. The zero-order chi connectivity index (χ0) is 78.2. The van der Waals surface area contributed by atoms with Gasteiger partial charge in [0.2, 0.25) is 29.5 Å². The van der Waals surface area contributed by atoms with E-state index in [2.05, 4.69) is 113 Å². The Morgan fingerprint density at radius 3 is 1.66 bits per heavy atom. The Hall–Kier alpha value is -11.2. The number of nitrogens with two attached hydrogens (primary N) is 1. The van der Waals surface area contributed by atoms with Crippen molar-refractivity contribution in [2.75, 3.05) is 114 Å². The van der Waals surface area contributed by atoms with Crippen LogP contribution in [0.1, 0.15) is 142 Å². The van der Waals surface area contributed by atoms with Crippen LogP contribution in [0.5, 0.6) is 0 Å². The minimum Gasteiger partial charge on any atom is -0.481 e. The number of carboxylic acids is 1. The van der Waals surface area contributed by atoms with Crippen LogP contribution in [0.2, 0.25) is 0 Å². The van der Waals surface area contributed by atoms with Crippen LogP contribution in [0.3, 0.4) is 0 Å². The molecule has 14 rings (SSSR count). The standard InChI is InChI=1S/C39H45N9O7.C23H32N6O2.C16H15N3O6/c49-28(22-46-14-11-25-4-1-2-5-26(25)21-46)18-42-36(52)31-17-27(43-23-44-31)16-24-19-47(20-24)15-13-41-33(50)10-12-40-30-7-3-6-29-35(30)39(55)48(38(29)54)32-8-9-34(51)45-37(32)53;24-8-10-29-13-19(14-29)27-23-11-21(25-16-26-23)22(31)6-5-20(30)15-28-9-7-17-3-1-2-4-18(17)12-28;20-11-5-4-10(14(23)18-11)19-15(24)8-2-1-3-9(13(8)16(19)25)17-7-6-12(21)22/h1-7,17,23-24,28,32,40,49H,8-16,18-22H2,(H,41,50)(H,42,52)(H,45,51,53);1-4,11,16,19-20,30H,5-10,12-15,24H2,(H,25,26,27);1-3,10,17H,4-7H2,(H,21,22)(H,18,20,23)/t28-,32?;20-;/m00./s1. The lowest BCUT2D eigenvalue weighted by Crippen LogP contribution is -2.55. The largest absolute Gasteiger partial charge is 0.481 e. The topological polar surface area (TPSA) is 447 Å². The van der Waals surface area contributed by atoms with Crippen LogP contribution in [0, 0.1) is 5.92 Å². The number of aromatic nitrogens is 4. The van der Waals surface area contributed by atoms with Gasteiger partial charge in [0, 0.05) is 160 Å². The number of Topliss-reactive ketones (excluding diaryl/α,β-unsaturated/α-hetero) is 1. The summed E-state index contributed by atoms with van der Waals surface area (Å²) in [6.07, 6.45) is 5.17. The molecule has 33 heteroatoms. The van der Waals surface area contributed by atoms with Gasteiger partial charge in [-0.3, -0.25) is 92.7 Å². The van der Waals surface area contributed by atoms with E-state index < -0.39 is 77.5 Å². The van der Waals surface area contributed by atoms with Crippen molar-refractivity contribution in [1.82, 2.24) is 70.6 Å². The Bertz CT molecular complexity index is 4510. The number of hydrogen-bond donors (Lipinski definition) is 11. The number of carbonyl (C=O) groups is 12. The predicted octanol–water partition coefficient (Wildman–Crippen LogP) is 1.01. The minimum absolute atomic E-state index is 0.0395. The van der Waals surface area contributed by atoms with Crippen LogP contribution in [0.15, 0.2) is 110 Å². The lowest BCUT2D eigenvalue weighted by atomic mass is 9.94. The van der Waals surface area contributed by atoms with Crippen molar-refractivity contribution in [2.24, 2.45) is 11.7 Å². The Labute approximate surface area is 639 Å². The van der Waals surface area contributed by atoms with Crippen molar-refractivity contribution in [3.63, 3.8) is 0 Å². The molecule has 6 aromatic rings. The molecule has 0 radical (unpaired) electrons. The van der Waals surface area contributed by atoms with Crippen LogP contribution >= 0.6 is 0 Å². The third-order valence-electron chi connectivity index (χ3n) is 20.8. The zero-order valence-electron chi connectivity index (χ0n) is 61.4. The third-order valence-corrected chi connectivity index (χ3v) is 20.8. The number of aliphatic hydroxyl groups excluding tert-OH is 2. The maximum atomic E-state index is 13.3. The maximum Gasteiger partial charge on any atom is 0.305 e. The van der Waals surface area contributed by atoms with Crippen LogP contribution in [0.4, 0.5) is 17.2 Å². The minimum atomic E-state index is -1.05. The highest BCUT2D eigenvalue weighted by atomic mass is 16.4. The van der Waals surface area contributed by atoms with E-state index in [4.69, 9.17) is 10.8 Å². The van der Waals surface area contributed by atoms with Crippen LogP contribution < -0.4 is 43.0 Å². The second-order valence-electron chi connectivity index (χ2n) is 28.8. The molecule has 10 amide bonds. The lowest BCUT2D eigenvalue weighted by molar-refractivity contribution is -0.137. The van der Waals surface area contributed by atoms with Crippen molar-refractivity contribution in [3.8, 4) is 0 Å². The summed E-state index contributed by atoms with van der Waals surface area (Å²) in [5.74, 6) is -5.19. The number of aliphatic carboxylic acids is 1. The highest BCUT2D eigenvalue weighted by molar-refractivity contribution is 6.26. The number of fused-ring (bicyclic) bond motifs is 4. The summed E-state index contributed by atoms with van der Waals surface area (Å²) < 4.78 is 0. The smallest absolute Gasteiger partial charge is 0.305 e. The lowest BCUT2D eigenvalue weighted by Gasteiger charge is -2.39. The molecule has 33 nitrogen and oxygen atoms in total. The number of β-amino-alcohol motifs (C(OH)–C–C–N with tert-alkyl or cyclic N) is 2. The Balaban J connectivity index is 0.000000172. The zero-order valence-corrected chi connectivity index (χ0v) is 61.4. The normalized spacial score (nSPS) is 19.1. The van der Waals surface area contributed by atoms with E-state index >= 15 is 0 Å². The second kappa shape index (κ2) is 37.0. The van der Waals surface area contributed by atoms with Crippen LogP contribution in [0.25, 0.3) is 0 Å². The molecule has 584 valence electrons. The van der Waals surface area contributed by atoms with Crippen molar-refractivity contribution in [2.45, 2.75) is 114 Å². The summed E-state index contributed by atoms with van der Waals surface area (Å²) >= 11 is 0. The Morgan fingerprint density at radius 1 is 0.550 bits per heavy atom. The number of nitrogens with zero attached hydrogens (tertiary/aromatic N) is 10. The third kappa shape index (κ3) is 20.3. The molecule has 10 heterocycles. The second-order valence-corrected chi connectivity index (χ2v) is 28.8. The van der Waals surface area contributed by atoms with E-state index in [1.54, 1.807) is 36.4 Å². The number of piperidine rings is 2. The van der Waals surface area contributed by atoms with Crippen molar-refractivity contribution < 1.29 is 72.9 Å². The first-order valence-corrected chi connectivity index (χ1v) is 37.6. The van der Waals surface area contributed by atoms with Crippen molar-refractivity contribution in [3.05, 3.63) is 171 Å². The molecule has 4 saturated heterocycles. The molecule has 12 N–H and O–H groups in total. The fraction of sp³-hybridized carbons (Fsp3) is 0.436. The van der Waals surface area contributed by atoms with Gasteiger partial charge >= 0.3 is 5.97 Å². The summed E-state index contributed by atoms with van der Waals surface area (Å²) in [6.45, 7) is 11.2. The predicted molar refractivity (Wildman–Crippen MR) is 402 cm³/mol. The number of likely N-dealkylation sites (tertiary alicyclic amines) is 2. The number of nitrogens with one attached hydrogen (secondary N) is 7. The number of aliphatic hydroxyl groups is 2. The molecule has 2 unspecified atom stereocenters. The fourth-order valence-electron chi connectivity index (χ4n) is 15.0. The summed E-state index contributed by atoms with van der Waals surface area (Å²) in [5, 5.41) is 49.1. The number of carboxylic acid groups (broad SMARTS) is 1. The van der Waals surface area contributed by atoms with Gasteiger partial charge in [-0.25, -0.2) is 19.9 Å². The van der Waals surface area contributed by atoms with Gasteiger partial charge in [-0.05, 0) is 97.0 Å². The number of imide groups is 4. The summed E-state index contributed by atoms with van der Waals surface area (Å²) in [6, 6.07) is 27.9. The number of ketones is 1. The number of rotatable bonds is 30. The van der Waals surface area contributed by atoms with E-state index in [-0.39, 0.29) is 110 Å². The first-order valence-electron chi connectivity index (χ1n) is 37.6. The Kier molecular flexibility index (Phi) is 26.5. The Morgan fingerprint density at radius 2 is 1.09 bits per heavy atom. The van der Waals surface area contributed by atoms with Crippen LogP contribution in [-0.4, -0.2) is 264 Å². The molecule has 0 saturated carbocycles. The average Bonchev–Trinajstić information content (AvgIpc) is 1.61. The summed E-state index contributed by atoms with van der Waals surface area (Å²) in [4.78, 5) is 175. The number of benzene rings is 4. The monoisotopic (exact) mass is 1520 g/mol. The van der Waals surface area contributed by atoms with Gasteiger partial charge in [0.1, 0.15) is 41.9 Å². The van der Waals surface area contributed by atoms with Gasteiger partial charge in [0.05, 0.1) is 46.9 Å². The molecular weight excluding hydrogens is 1430 g/mol. The molecule has 0 aliphatic carbocycles. The molecule has 4 aromatic carbocycles. The number of hydrogen-bond acceptors (Lipinski definition) is 26.